The largest absolute Gasteiger partial charge is 0.481 e. The molecule has 0 aliphatic heterocycles. The van der Waals surface area contributed by atoms with Crippen molar-refractivity contribution >= 4 is 47.4 Å². The normalized spacial score (nSPS) is 13.2. The molecule has 17 nitrogen and oxygen atoms in total. The summed E-state index contributed by atoms with van der Waals surface area (Å²) < 4.78 is 0. The van der Waals surface area contributed by atoms with Gasteiger partial charge in [0.2, 0.25) is 29.5 Å². The van der Waals surface area contributed by atoms with Crippen LogP contribution in [0.3, 0.4) is 0 Å². The summed E-state index contributed by atoms with van der Waals surface area (Å²) in [6, 6.07) is 3.75. The second-order valence-electron chi connectivity index (χ2n) is 12.5. The summed E-state index contributed by atoms with van der Waals surface area (Å²) in [5.74, 6) is -8.18. The van der Waals surface area contributed by atoms with Gasteiger partial charge in [-0.2, -0.15) is 0 Å². The van der Waals surface area contributed by atoms with Gasteiger partial charge in [0.1, 0.15) is 24.2 Å². The number of aliphatic carboxylic acids is 3. The Bertz CT molecular complexity index is 1320. The Kier molecular flexibility index (Phi) is 20.8. The molecule has 1 aromatic rings. The first-order valence-corrected chi connectivity index (χ1v) is 17.0. The minimum absolute atomic E-state index is 0.00309. The third kappa shape index (κ3) is 19.6. The Morgan fingerprint density at radius 2 is 1.24 bits per heavy atom. The quantitative estimate of drug-likeness (QED) is 0.0575. The van der Waals surface area contributed by atoms with E-state index in [2.05, 4.69) is 26.6 Å². The monoisotopic (exact) mass is 720 g/mol. The van der Waals surface area contributed by atoms with Crippen molar-refractivity contribution in [2.75, 3.05) is 13.1 Å². The first kappa shape index (κ1) is 44.0. The molecular formula is C34H52N6O11. The number of amides is 5. The van der Waals surface area contributed by atoms with Crippen LogP contribution >= 0.6 is 0 Å². The zero-order valence-electron chi connectivity index (χ0n) is 29.2. The molecule has 51 heavy (non-hydrogen) atoms. The van der Waals surface area contributed by atoms with Gasteiger partial charge in [-0.3, -0.25) is 33.6 Å². The van der Waals surface area contributed by atoms with Gasteiger partial charge in [0.25, 0.3) is 0 Å². The van der Waals surface area contributed by atoms with Crippen molar-refractivity contribution in [3.05, 3.63) is 35.9 Å². The first-order chi connectivity index (χ1) is 24.1. The van der Waals surface area contributed by atoms with Crippen molar-refractivity contribution in [1.82, 2.24) is 26.6 Å². The fourth-order valence-electron chi connectivity index (χ4n) is 4.96. The van der Waals surface area contributed by atoms with Crippen LogP contribution in [0.25, 0.3) is 0 Å². The maximum Gasteiger partial charge on any atom is 0.326 e. The molecule has 4 atom stereocenters. The molecule has 0 spiro atoms. The number of aryl methyl sites for hydroxylation is 1. The number of nitrogens with two attached hydrogens (primary N) is 1. The summed E-state index contributed by atoms with van der Waals surface area (Å²) in [5.41, 5.74) is 6.66. The van der Waals surface area contributed by atoms with E-state index in [4.69, 9.17) is 10.8 Å². The number of carboxylic acids is 3. The molecule has 0 fully saturated rings. The van der Waals surface area contributed by atoms with Gasteiger partial charge in [-0.25, -0.2) is 4.79 Å². The number of nitrogens with one attached hydrogen (secondary N) is 5. The van der Waals surface area contributed by atoms with Crippen molar-refractivity contribution in [1.29, 1.82) is 0 Å². The van der Waals surface area contributed by atoms with Crippen molar-refractivity contribution in [3.8, 4) is 0 Å². The van der Waals surface area contributed by atoms with Crippen molar-refractivity contribution in [3.63, 3.8) is 0 Å². The molecule has 1 rings (SSSR count). The standard InChI is InChI=1S/C34H52N6O11/c1-21(2)19-26(34(50)51)40-32(48)24(14-15-29(43)44)38-33(49)25(20-30(45)46)39-31(47)23(12-6-7-17-35)37-28(42)16-18-36-27(41)13-8-11-22-9-4-3-5-10-22/h3-5,9-10,21,23-26H,6-8,11-20,35H2,1-2H3,(H,36,41)(H,37,42)(H,38,49)(H,39,47)(H,40,48)(H,43,44)(H,45,46)(H,50,51)/t23-,24-,25-,26-/m0/s1. The number of unbranched alkanes of at least 4 members (excludes halogenated alkanes) is 1. The van der Waals surface area contributed by atoms with Gasteiger partial charge in [-0.05, 0) is 63.0 Å². The lowest BCUT2D eigenvalue weighted by Crippen LogP contribution is -2.58. The van der Waals surface area contributed by atoms with Gasteiger partial charge < -0.3 is 47.6 Å². The summed E-state index contributed by atoms with van der Waals surface area (Å²) >= 11 is 0. The number of hydrogen-bond acceptors (Lipinski definition) is 9. The number of carbonyl (C=O) groups excluding carboxylic acids is 5. The van der Waals surface area contributed by atoms with Crippen LogP contribution in [0.2, 0.25) is 0 Å². The molecule has 0 unspecified atom stereocenters. The van der Waals surface area contributed by atoms with Crippen molar-refractivity contribution < 1.29 is 53.7 Å². The molecule has 0 aliphatic carbocycles. The van der Waals surface area contributed by atoms with Crippen molar-refractivity contribution in [2.45, 2.75) is 109 Å². The van der Waals surface area contributed by atoms with Crippen LogP contribution in [-0.4, -0.2) is 100 Å². The molecule has 17 heteroatoms. The topological polar surface area (TPSA) is 283 Å². The van der Waals surface area contributed by atoms with Gasteiger partial charge in [0, 0.05) is 25.8 Å². The van der Waals surface area contributed by atoms with E-state index >= 15 is 0 Å². The zero-order chi connectivity index (χ0) is 38.3. The molecule has 0 saturated carbocycles. The molecule has 1 aromatic carbocycles. The van der Waals surface area contributed by atoms with Crippen LogP contribution in [0.1, 0.15) is 83.6 Å². The van der Waals surface area contributed by atoms with E-state index < -0.39 is 85.0 Å². The van der Waals surface area contributed by atoms with E-state index in [-0.39, 0.29) is 44.1 Å². The fraction of sp³-hybridized carbons (Fsp3) is 0.588. The molecule has 5 amide bonds. The van der Waals surface area contributed by atoms with Crippen LogP contribution in [-0.2, 0) is 44.8 Å². The van der Waals surface area contributed by atoms with E-state index in [0.29, 0.717) is 25.8 Å². The first-order valence-electron chi connectivity index (χ1n) is 17.0. The molecular weight excluding hydrogens is 668 g/mol. The third-order valence-corrected chi connectivity index (χ3v) is 7.60. The number of carbonyl (C=O) groups is 8. The molecule has 0 aliphatic rings. The minimum atomic E-state index is -1.76. The van der Waals surface area contributed by atoms with Gasteiger partial charge in [-0.15, -0.1) is 0 Å². The number of hydrogen-bond donors (Lipinski definition) is 9. The molecule has 0 aromatic heterocycles. The SMILES string of the molecule is CC(C)C[C@H](NC(=O)[C@H](CCC(=O)O)NC(=O)[C@H](CC(=O)O)NC(=O)[C@H](CCCCN)NC(=O)CCNC(=O)CCCc1ccccc1)C(=O)O. The number of benzene rings is 1. The smallest absolute Gasteiger partial charge is 0.326 e. The maximum atomic E-state index is 13.3. The van der Waals surface area contributed by atoms with Gasteiger partial charge in [0.05, 0.1) is 6.42 Å². The van der Waals surface area contributed by atoms with E-state index in [0.717, 1.165) is 12.0 Å². The Balaban J connectivity index is 2.93. The Hall–Kier alpha value is -5.06. The average Bonchev–Trinajstić information content (AvgIpc) is 3.05. The fourth-order valence-corrected chi connectivity index (χ4v) is 4.96. The molecule has 0 bridgehead atoms. The second kappa shape index (κ2) is 24.2. The molecule has 284 valence electrons. The Labute approximate surface area is 296 Å². The summed E-state index contributed by atoms with van der Waals surface area (Å²) in [6.07, 6.45) is 0.425. The summed E-state index contributed by atoms with van der Waals surface area (Å²) in [5, 5.41) is 40.1. The summed E-state index contributed by atoms with van der Waals surface area (Å²) in [4.78, 5) is 99.1. The Morgan fingerprint density at radius 3 is 1.80 bits per heavy atom. The van der Waals surface area contributed by atoms with Gasteiger partial charge in [0.15, 0.2) is 0 Å². The second-order valence-corrected chi connectivity index (χ2v) is 12.5. The van der Waals surface area contributed by atoms with Crippen LogP contribution < -0.4 is 32.3 Å². The molecule has 0 saturated heterocycles. The van der Waals surface area contributed by atoms with Gasteiger partial charge in [-0.1, -0.05) is 44.2 Å². The highest BCUT2D eigenvalue weighted by atomic mass is 16.4. The van der Waals surface area contributed by atoms with Crippen LogP contribution in [0.15, 0.2) is 30.3 Å². The predicted octanol–water partition coefficient (Wildman–Crippen LogP) is 0.0540. The maximum absolute atomic E-state index is 13.3. The zero-order valence-corrected chi connectivity index (χ0v) is 29.2. The lowest BCUT2D eigenvalue weighted by molar-refractivity contribution is -0.144. The summed E-state index contributed by atoms with van der Waals surface area (Å²) in [6.45, 7) is 3.74. The lowest BCUT2D eigenvalue weighted by atomic mass is 10.0. The van der Waals surface area contributed by atoms with Gasteiger partial charge >= 0.3 is 17.9 Å². The number of rotatable bonds is 26. The van der Waals surface area contributed by atoms with Crippen LogP contribution in [0.4, 0.5) is 0 Å². The average molecular weight is 721 g/mol. The molecule has 0 heterocycles. The number of carboxylic acid groups (broad SMARTS) is 3. The van der Waals surface area contributed by atoms with E-state index in [1.807, 2.05) is 30.3 Å². The highest BCUT2D eigenvalue weighted by Gasteiger charge is 2.32. The third-order valence-electron chi connectivity index (χ3n) is 7.60. The highest BCUT2D eigenvalue weighted by Crippen LogP contribution is 2.09. The predicted molar refractivity (Wildman–Crippen MR) is 184 cm³/mol. The van der Waals surface area contributed by atoms with Crippen LogP contribution in [0, 0.1) is 5.92 Å². The highest BCUT2D eigenvalue weighted by molar-refractivity contribution is 5.96. The van der Waals surface area contributed by atoms with E-state index in [1.54, 1.807) is 13.8 Å². The molecule has 10 N–H and O–H groups in total. The lowest BCUT2D eigenvalue weighted by Gasteiger charge is -2.25. The Morgan fingerprint density at radius 1 is 0.647 bits per heavy atom. The van der Waals surface area contributed by atoms with E-state index in [9.17, 15) is 48.6 Å². The van der Waals surface area contributed by atoms with Crippen LogP contribution in [0.5, 0.6) is 0 Å². The minimum Gasteiger partial charge on any atom is -0.481 e. The summed E-state index contributed by atoms with van der Waals surface area (Å²) in [7, 11) is 0. The van der Waals surface area contributed by atoms with Crippen molar-refractivity contribution in [2.24, 2.45) is 11.7 Å². The van der Waals surface area contributed by atoms with E-state index in [1.165, 1.54) is 0 Å². The molecule has 0 radical (unpaired) electrons.